The molecule has 110 valence electrons. The van der Waals surface area contributed by atoms with Gasteiger partial charge in [0.15, 0.2) is 4.32 Å². The molecule has 3 rings (SSSR count). The molecular weight excluding hydrogens is 449 g/mol. The maximum absolute atomic E-state index is 12.6. The summed E-state index contributed by atoms with van der Waals surface area (Å²) < 4.78 is 1.65. The first-order valence-electron chi connectivity index (χ1n) is 6.34. The number of thiocarbonyl (C=S) groups is 1. The van der Waals surface area contributed by atoms with Gasteiger partial charge >= 0.3 is 0 Å². The zero-order valence-electron chi connectivity index (χ0n) is 11.1. The van der Waals surface area contributed by atoms with E-state index >= 15 is 0 Å². The van der Waals surface area contributed by atoms with Crippen molar-refractivity contribution in [3.8, 4) is 0 Å². The van der Waals surface area contributed by atoms with Crippen LogP contribution in [0.25, 0.3) is 6.08 Å². The molecule has 6 heteroatoms. The van der Waals surface area contributed by atoms with Crippen LogP contribution in [0.3, 0.4) is 0 Å². The highest BCUT2D eigenvalue weighted by Crippen LogP contribution is 2.38. The van der Waals surface area contributed by atoms with Gasteiger partial charge in [-0.1, -0.05) is 59.8 Å². The van der Waals surface area contributed by atoms with E-state index < -0.39 is 0 Å². The molecule has 1 heterocycles. The molecule has 2 aromatic rings. The smallest absolute Gasteiger partial charge is 0.268 e. The van der Waals surface area contributed by atoms with Gasteiger partial charge in [0.25, 0.3) is 5.91 Å². The lowest BCUT2D eigenvalue weighted by molar-refractivity contribution is -0.113. The molecule has 2 aromatic carbocycles. The first kappa shape index (κ1) is 16.0. The Morgan fingerprint density at radius 1 is 1.14 bits per heavy atom. The Morgan fingerprint density at radius 2 is 1.82 bits per heavy atom. The predicted molar refractivity (Wildman–Crippen MR) is 106 cm³/mol. The zero-order valence-corrected chi connectivity index (χ0v) is 15.7. The van der Waals surface area contributed by atoms with Crippen LogP contribution in [0.15, 0.2) is 53.4 Å². The van der Waals surface area contributed by atoms with Crippen LogP contribution >= 0.6 is 58.2 Å². The SMILES string of the molecule is O=C1/C(=C/c2ccc(I)cc2)SC(=S)N1c1ccccc1Cl. The molecule has 22 heavy (non-hydrogen) atoms. The van der Waals surface area contributed by atoms with Gasteiger partial charge in [0, 0.05) is 3.57 Å². The van der Waals surface area contributed by atoms with Gasteiger partial charge in [0.05, 0.1) is 15.6 Å². The Balaban J connectivity index is 1.95. The Bertz CT molecular complexity index is 789. The highest BCUT2D eigenvalue weighted by Gasteiger charge is 2.34. The number of halogens is 2. The summed E-state index contributed by atoms with van der Waals surface area (Å²) in [5.74, 6) is -0.137. The lowest BCUT2D eigenvalue weighted by Gasteiger charge is -2.15. The number of carbonyl (C=O) groups excluding carboxylic acids is 1. The predicted octanol–water partition coefficient (Wildman–Crippen LogP) is 5.35. The molecule has 0 aliphatic carbocycles. The summed E-state index contributed by atoms with van der Waals surface area (Å²) in [4.78, 5) is 14.7. The molecule has 0 saturated carbocycles. The third kappa shape index (κ3) is 3.22. The van der Waals surface area contributed by atoms with Crippen molar-refractivity contribution < 1.29 is 4.79 Å². The van der Waals surface area contributed by atoms with Crippen LogP contribution in [0.5, 0.6) is 0 Å². The summed E-state index contributed by atoms with van der Waals surface area (Å²) in [5.41, 5.74) is 1.60. The first-order chi connectivity index (χ1) is 10.6. The lowest BCUT2D eigenvalue weighted by Crippen LogP contribution is -2.27. The van der Waals surface area contributed by atoms with Crippen molar-refractivity contribution in [3.63, 3.8) is 0 Å². The van der Waals surface area contributed by atoms with Gasteiger partial charge in [-0.2, -0.15) is 0 Å². The molecule has 0 bridgehead atoms. The van der Waals surface area contributed by atoms with E-state index in [0.29, 0.717) is 19.9 Å². The lowest BCUT2D eigenvalue weighted by atomic mass is 10.2. The quantitative estimate of drug-likeness (QED) is 0.344. The number of hydrogen-bond donors (Lipinski definition) is 0. The monoisotopic (exact) mass is 457 g/mol. The van der Waals surface area contributed by atoms with E-state index in [1.54, 1.807) is 12.1 Å². The van der Waals surface area contributed by atoms with E-state index in [4.69, 9.17) is 23.8 Å². The number of hydrogen-bond acceptors (Lipinski definition) is 3. The fraction of sp³-hybridized carbons (Fsp3) is 0. The number of thioether (sulfide) groups is 1. The number of nitrogens with zero attached hydrogens (tertiary/aromatic N) is 1. The van der Waals surface area contributed by atoms with Crippen LogP contribution in [0.2, 0.25) is 5.02 Å². The molecule has 0 atom stereocenters. The number of rotatable bonds is 2. The Kier molecular flexibility index (Phi) is 4.87. The minimum Gasteiger partial charge on any atom is -0.268 e. The molecule has 0 aromatic heterocycles. The van der Waals surface area contributed by atoms with Gasteiger partial charge in [-0.05, 0) is 58.5 Å². The Labute approximate surface area is 156 Å². The van der Waals surface area contributed by atoms with Crippen LogP contribution < -0.4 is 4.90 Å². The van der Waals surface area contributed by atoms with Crippen molar-refractivity contribution in [1.29, 1.82) is 0 Å². The number of anilines is 1. The second kappa shape index (κ2) is 6.70. The van der Waals surface area contributed by atoms with E-state index in [1.807, 2.05) is 42.5 Å². The molecule has 1 amide bonds. The van der Waals surface area contributed by atoms with Gasteiger partial charge in [0.2, 0.25) is 0 Å². The number of carbonyl (C=O) groups is 1. The maximum Gasteiger partial charge on any atom is 0.270 e. The zero-order chi connectivity index (χ0) is 15.7. The Hall–Kier alpha value is -0.890. The number of para-hydroxylation sites is 1. The highest BCUT2D eigenvalue weighted by molar-refractivity contribution is 14.1. The van der Waals surface area contributed by atoms with Crippen LogP contribution in [0.4, 0.5) is 5.69 Å². The Morgan fingerprint density at radius 3 is 2.50 bits per heavy atom. The minimum absolute atomic E-state index is 0.137. The average Bonchev–Trinajstić information content (AvgIpc) is 2.77. The van der Waals surface area contributed by atoms with E-state index in [9.17, 15) is 4.79 Å². The summed E-state index contributed by atoms with van der Waals surface area (Å²) in [6.07, 6.45) is 1.85. The molecule has 0 radical (unpaired) electrons. The van der Waals surface area contributed by atoms with Gasteiger partial charge in [0.1, 0.15) is 0 Å². The molecule has 1 fully saturated rings. The van der Waals surface area contributed by atoms with Crippen molar-refractivity contribution >= 4 is 80.2 Å². The molecule has 0 unspecified atom stereocenters. The molecule has 0 spiro atoms. The van der Waals surface area contributed by atoms with Crippen LogP contribution in [-0.2, 0) is 4.79 Å². The fourth-order valence-corrected chi connectivity index (χ4v) is 3.88. The average molecular weight is 458 g/mol. The standard InChI is InChI=1S/C16H9ClINOS2/c17-12-3-1-2-4-13(12)19-15(20)14(22-16(19)21)9-10-5-7-11(18)8-6-10/h1-9H/b14-9-. The third-order valence-electron chi connectivity index (χ3n) is 3.05. The van der Waals surface area contributed by atoms with Gasteiger partial charge in [-0.15, -0.1) is 0 Å². The third-order valence-corrected chi connectivity index (χ3v) is 5.40. The van der Waals surface area contributed by atoms with Crippen LogP contribution in [0.1, 0.15) is 5.56 Å². The van der Waals surface area contributed by atoms with Crippen LogP contribution in [0, 0.1) is 3.57 Å². The fourth-order valence-electron chi connectivity index (χ4n) is 2.02. The van der Waals surface area contributed by atoms with Crippen molar-refractivity contribution in [2.45, 2.75) is 0 Å². The first-order valence-corrected chi connectivity index (χ1v) is 9.02. The summed E-state index contributed by atoms with van der Waals surface area (Å²) in [7, 11) is 0. The highest BCUT2D eigenvalue weighted by atomic mass is 127. The van der Waals surface area contributed by atoms with E-state index in [1.165, 1.54) is 16.7 Å². The second-order valence-corrected chi connectivity index (χ2v) is 7.85. The normalized spacial score (nSPS) is 16.6. The minimum atomic E-state index is -0.137. The summed E-state index contributed by atoms with van der Waals surface area (Å²) >= 11 is 15.1. The van der Waals surface area contributed by atoms with E-state index in [2.05, 4.69) is 22.6 Å². The topological polar surface area (TPSA) is 20.3 Å². The molecule has 1 saturated heterocycles. The summed E-state index contributed by atoms with van der Waals surface area (Å²) in [6, 6.07) is 15.2. The van der Waals surface area contributed by atoms with Crippen LogP contribution in [-0.4, -0.2) is 10.2 Å². The number of benzene rings is 2. The molecule has 2 nitrogen and oxygen atoms in total. The summed E-state index contributed by atoms with van der Waals surface area (Å²) in [5, 5.41) is 0.509. The van der Waals surface area contributed by atoms with E-state index in [-0.39, 0.29) is 5.91 Å². The maximum atomic E-state index is 12.6. The number of amides is 1. The van der Waals surface area contributed by atoms with Crippen molar-refractivity contribution in [1.82, 2.24) is 0 Å². The van der Waals surface area contributed by atoms with Crippen molar-refractivity contribution in [2.75, 3.05) is 4.90 Å². The molecular formula is C16H9ClINOS2. The molecule has 1 aliphatic rings. The largest absolute Gasteiger partial charge is 0.270 e. The van der Waals surface area contributed by atoms with Crippen molar-refractivity contribution in [2.24, 2.45) is 0 Å². The summed E-state index contributed by atoms with van der Waals surface area (Å²) in [6.45, 7) is 0. The van der Waals surface area contributed by atoms with E-state index in [0.717, 1.165) is 9.13 Å². The van der Waals surface area contributed by atoms with Gasteiger partial charge in [-0.25, -0.2) is 0 Å². The molecule has 0 N–H and O–H groups in total. The van der Waals surface area contributed by atoms with Gasteiger partial charge < -0.3 is 0 Å². The van der Waals surface area contributed by atoms with Crippen molar-refractivity contribution in [3.05, 3.63) is 67.6 Å². The second-order valence-electron chi connectivity index (χ2n) is 4.52. The van der Waals surface area contributed by atoms with Gasteiger partial charge in [-0.3, -0.25) is 9.69 Å². The molecule has 1 aliphatic heterocycles.